The van der Waals surface area contributed by atoms with E-state index in [1.165, 1.54) is 0 Å². The highest BCUT2D eigenvalue weighted by atomic mass is 16.5. The quantitative estimate of drug-likeness (QED) is 0.490. The van der Waals surface area contributed by atoms with E-state index in [2.05, 4.69) is 10.6 Å². The minimum absolute atomic E-state index is 0.00848. The van der Waals surface area contributed by atoms with Gasteiger partial charge in [0.2, 0.25) is 17.7 Å². The molecule has 36 heavy (non-hydrogen) atoms. The van der Waals surface area contributed by atoms with Gasteiger partial charge in [0.05, 0.1) is 17.4 Å². The fraction of sp³-hybridized carbons (Fsp3) is 0.536. The van der Waals surface area contributed by atoms with E-state index >= 15 is 0 Å². The summed E-state index contributed by atoms with van der Waals surface area (Å²) < 4.78 is 6.66. The third kappa shape index (κ3) is 3.61. The highest BCUT2D eigenvalue weighted by Gasteiger charge is 2.79. The number of carbonyl (C=O) groups is 3. The van der Waals surface area contributed by atoms with Crippen LogP contribution in [0.5, 0.6) is 0 Å². The second-order valence-electron chi connectivity index (χ2n) is 10.7. The van der Waals surface area contributed by atoms with Crippen molar-refractivity contribution in [1.29, 1.82) is 0 Å². The number of hydrogen-bond acceptors (Lipinski definition) is 5. The van der Waals surface area contributed by atoms with Gasteiger partial charge >= 0.3 is 0 Å². The molecule has 3 amide bonds. The largest absolute Gasteiger partial charge is 0.396 e. The van der Waals surface area contributed by atoms with Crippen molar-refractivity contribution in [1.82, 2.24) is 10.2 Å². The van der Waals surface area contributed by atoms with E-state index in [-0.39, 0.29) is 30.2 Å². The Bertz CT molecular complexity index is 1200. The third-order valence-electron chi connectivity index (χ3n) is 8.67. The van der Waals surface area contributed by atoms with Gasteiger partial charge in [0.25, 0.3) is 0 Å². The van der Waals surface area contributed by atoms with Crippen molar-refractivity contribution in [3.63, 3.8) is 0 Å². The highest BCUT2D eigenvalue weighted by molar-refractivity contribution is 6.04. The van der Waals surface area contributed by atoms with Gasteiger partial charge in [0.15, 0.2) is 0 Å². The molecule has 2 aromatic rings. The third-order valence-corrected chi connectivity index (χ3v) is 8.67. The van der Waals surface area contributed by atoms with Gasteiger partial charge in [-0.1, -0.05) is 37.3 Å². The molecule has 1 spiro atoms. The van der Waals surface area contributed by atoms with Crippen LogP contribution in [0.25, 0.3) is 10.8 Å². The van der Waals surface area contributed by atoms with Crippen LogP contribution in [-0.2, 0) is 19.1 Å². The van der Waals surface area contributed by atoms with Crippen LogP contribution in [0.4, 0.5) is 5.69 Å². The standard InChI is InChI=1S/C28H35N3O5/c1-17-16-28-22(21(24(33)29-3)27(17,2)36-28)26(35)31(13-7-4-8-14-32)23(28)25(34)30-20-12-11-18-9-5-6-10-19(18)15-20/h5-6,9-12,15,17,21-23,32H,4,7-8,13-14,16H2,1-3H3,(H,29,33)(H,30,34)/t17?,21-,22+,23?,27+,28?/m1/s1. The minimum atomic E-state index is -1.06. The molecule has 3 aliphatic rings. The maximum Gasteiger partial charge on any atom is 0.250 e. The predicted molar refractivity (Wildman–Crippen MR) is 136 cm³/mol. The van der Waals surface area contributed by atoms with Gasteiger partial charge in [-0.15, -0.1) is 0 Å². The fourth-order valence-electron chi connectivity index (χ4n) is 6.88. The molecule has 5 rings (SSSR count). The summed E-state index contributed by atoms with van der Waals surface area (Å²) >= 11 is 0. The zero-order valence-corrected chi connectivity index (χ0v) is 21.1. The number of aliphatic hydroxyl groups excluding tert-OH is 1. The number of nitrogens with zero attached hydrogens (tertiary/aromatic N) is 1. The Morgan fingerprint density at radius 1 is 1.11 bits per heavy atom. The number of ether oxygens (including phenoxy) is 1. The summed E-state index contributed by atoms with van der Waals surface area (Å²) in [5.74, 6) is -2.06. The summed E-state index contributed by atoms with van der Waals surface area (Å²) in [4.78, 5) is 42.5. The summed E-state index contributed by atoms with van der Waals surface area (Å²) in [6.45, 7) is 4.40. The van der Waals surface area contributed by atoms with Gasteiger partial charge in [-0.05, 0) is 61.4 Å². The molecule has 192 valence electrons. The maximum atomic E-state index is 14.0. The first-order valence-corrected chi connectivity index (χ1v) is 12.9. The summed E-state index contributed by atoms with van der Waals surface area (Å²) in [5, 5.41) is 17.0. The number of rotatable bonds is 8. The highest BCUT2D eigenvalue weighted by Crippen LogP contribution is 2.65. The summed E-state index contributed by atoms with van der Waals surface area (Å²) in [6.07, 6.45) is 2.57. The van der Waals surface area contributed by atoms with E-state index in [1.54, 1.807) is 11.9 Å². The molecule has 2 aromatic carbocycles. The summed E-state index contributed by atoms with van der Waals surface area (Å²) in [7, 11) is 1.57. The average Bonchev–Trinajstić information content (AvgIpc) is 3.38. The number of hydrogen-bond donors (Lipinski definition) is 3. The van der Waals surface area contributed by atoms with E-state index < -0.39 is 29.1 Å². The number of unbranched alkanes of at least 4 members (excludes halogenated alkanes) is 2. The van der Waals surface area contributed by atoms with Crippen LogP contribution in [0.3, 0.4) is 0 Å². The second kappa shape index (κ2) is 9.16. The van der Waals surface area contributed by atoms with Crippen molar-refractivity contribution >= 4 is 34.2 Å². The zero-order chi connectivity index (χ0) is 25.7. The molecule has 3 saturated heterocycles. The van der Waals surface area contributed by atoms with Crippen molar-refractivity contribution in [2.24, 2.45) is 17.8 Å². The van der Waals surface area contributed by atoms with E-state index in [4.69, 9.17) is 4.74 Å². The molecule has 8 nitrogen and oxygen atoms in total. The molecule has 3 fully saturated rings. The molecular formula is C28H35N3O5. The molecule has 3 aliphatic heterocycles. The van der Waals surface area contributed by atoms with Crippen LogP contribution >= 0.6 is 0 Å². The first-order valence-electron chi connectivity index (χ1n) is 12.9. The van der Waals surface area contributed by atoms with Crippen LogP contribution < -0.4 is 10.6 Å². The molecular weight excluding hydrogens is 458 g/mol. The van der Waals surface area contributed by atoms with Crippen LogP contribution in [0.1, 0.15) is 39.5 Å². The normalized spacial score (nSPS) is 32.7. The second-order valence-corrected chi connectivity index (χ2v) is 10.7. The monoisotopic (exact) mass is 493 g/mol. The number of amides is 3. The molecule has 6 atom stereocenters. The topological polar surface area (TPSA) is 108 Å². The SMILES string of the molecule is CNC(=O)[C@H]1[C@H]2C(=O)N(CCCCCO)C(C(=O)Nc3ccc4ccccc4c3)C23CC(C)[C@]1(C)O3. The number of fused-ring (bicyclic) bond motifs is 2. The Hall–Kier alpha value is -2.97. The van der Waals surface area contributed by atoms with Crippen molar-refractivity contribution in [2.75, 3.05) is 25.5 Å². The lowest BCUT2D eigenvalue weighted by Gasteiger charge is -2.36. The zero-order valence-electron chi connectivity index (χ0n) is 21.1. The number of benzene rings is 2. The van der Waals surface area contributed by atoms with Crippen molar-refractivity contribution in [3.05, 3.63) is 42.5 Å². The molecule has 0 radical (unpaired) electrons. The molecule has 3 heterocycles. The number of aliphatic hydroxyl groups is 1. The lowest BCUT2D eigenvalue weighted by atomic mass is 9.62. The molecule has 2 bridgehead atoms. The van der Waals surface area contributed by atoms with E-state index in [1.807, 2.05) is 56.3 Å². The first-order chi connectivity index (χ1) is 17.3. The van der Waals surface area contributed by atoms with Crippen LogP contribution in [0.15, 0.2) is 42.5 Å². The first kappa shape index (κ1) is 24.7. The Labute approximate surface area is 211 Å². The van der Waals surface area contributed by atoms with Crippen molar-refractivity contribution < 1.29 is 24.2 Å². The Balaban J connectivity index is 1.51. The summed E-state index contributed by atoms with van der Waals surface area (Å²) in [5.41, 5.74) is -1.22. The number of nitrogens with one attached hydrogen (secondary N) is 2. The maximum absolute atomic E-state index is 14.0. The van der Waals surface area contributed by atoms with E-state index in [0.29, 0.717) is 31.5 Å². The molecule has 3 N–H and O–H groups in total. The minimum Gasteiger partial charge on any atom is -0.396 e. The average molecular weight is 494 g/mol. The Morgan fingerprint density at radius 3 is 2.58 bits per heavy atom. The van der Waals surface area contributed by atoms with Crippen LogP contribution in [0.2, 0.25) is 0 Å². The van der Waals surface area contributed by atoms with Gasteiger partial charge in [-0.25, -0.2) is 0 Å². The summed E-state index contributed by atoms with van der Waals surface area (Å²) in [6, 6.07) is 12.8. The van der Waals surface area contributed by atoms with E-state index in [0.717, 1.165) is 17.2 Å². The van der Waals surface area contributed by atoms with Gasteiger partial charge in [0, 0.05) is 25.9 Å². The number of carbonyl (C=O) groups excluding carboxylic acids is 3. The van der Waals surface area contributed by atoms with Crippen LogP contribution in [-0.4, -0.2) is 65.2 Å². The van der Waals surface area contributed by atoms with Gasteiger partial charge in [-0.3, -0.25) is 14.4 Å². The number of anilines is 1. The Kier molecular flexibility index (Phi) is 6.29. The Morgan fingerprint density at radius 2 is 1.86 bits per heavy atom. The predicted octanol–water partition coefficient (Wildman–Crippen LogP) is 2.70. The molecule has 3 unspecified atom stereocenters. The number of likely N-dealkylation sites (tertiary alicyclic amines) is 1. The smallest absolute Gasteiger partial charge is 0.250 e. The van der Waals surface area contributed by atoms with Gasteiger partial charge < -0.3 is 25.4 Å². The molecule has 8 heteroatoms. The fourth-order valence-corrected chi connectivity index (χ4v) is 6.88. The van der Waals surface area contributed by atoms with Crippen LogP contribution in [0, 0.1) is 17.8 Å². The van der Waals surface area contributed by atoms with Gasteiger partial charge in [0.1, 0.15) is 11.6 Å². The van der Waals surface area contributed by atoms with E-state index in [9.17, 15) is 19.5 Å². The molecule has 0 saturated carbocycles. The molecule has 0 aromatic heterocycles. The lowest BCUT2D eigenvalue weighted by molar-refractivity contribution is -0.146. The van der Waals surface area contributed by atoms with Gasteiger partial charge in [-0.2, -0.15) is 0 Å². The van der Waals surface area contributed by atoms with Crippen molar-refractivity contribution in [3.8, 4) is 0 Å². The van der Waals surface area contributed by atoms with Crippen molar-refractivity contribution in [2.45, 2.75) is 56.8 Å². The lowest BCUT2D eigenvalue weighted by Crippen LogP contribution is -2.54. The molecule has 0 aliphatic carbocycles.